The van der Waals surface area contributed by atoms with Gasteiger partial charge >= 0.3 is 0 Å². The second-order valence-corrected chi connectivity index (χ2v) is 6.49. The van der Waals surface area contributed by atoms with Crippen molar-refractivity contribution in [3.63, 3.8) is 0 Å². The minimum atomic E-state index is 0.663. The molecule has 0 aromatic carbocycles. The van der Waals surface area contributed by atoms with E-state index in [-0.39, 0.29) is 0 Å². The molecule has 1 aliphatic heterocycles. The van der Waals surface area contributed by atoms with Gasteiger partial charge in [0.05, 0.1) is 10.7 Å². The number of aromatic nitrogens is 1. The number of likely N-dealkylation sites (tertiary alicyclic amines) is 1. The van der Waals surface area contributed by atoms with Gasteiger partial charge in [-0.1, -0.05) is 6.92 Å². The van der Waals surface area contributed by atoms with Gasteiger partial charge in [-0.15, -0.1) is 11.3 Å². The van der Waals surface area contributed by atoms with Crippen LogP contribution in [0.3, 0.4) is 0 Å². The zero-order chi connectivity index (χ0) is 13.1. The first-order valence-corrected chi connectivity index (χ1v) is 7.82. The van der Waals surface area contributed by atoms with Crippen LogP contribution in [0, 0.1) is 12.8 Å². The number of piperidine rings is 1. The van der Waals surface area contributed by atoms with Crippen LogP contribution in [0.25, 0.3) is 0 Å². The zero-order valence-electron chi connectivity index (χ0n) is 11.9. The van der Waals surface area contributed by atoms with Crippen molar-refractivity contribution in [2.75, 3.05) is 20.1 Å². The highest BCUT2D eigenvalue weighted by Crippen LogP contribution is 2.23. The summed E-state index contributed by atoms with van der Waals surface area (Å²) >= 11 is 1.76. The van der Waals surface area contributed by atoms with Crippen LogP contribution in [0.4, 0.5) is 0 Å². The molecule has 0 bridgehead atoms. The zero-order valence-corrected chi connectivity index (χ0v) is 12.8. The van der Waals surface area contributed by atoms with E-state index in [4.69, 9.17) is 0 Å². The highest BCUT2D eigenvalue weighted by Gasteiger charge is 2.30. The quantitative estimate of drug-likeness (QED) is 0.907. The van der Waals surface area contributed by atoms with E-state index in [1.165, 1.54) is 23.7 Å². The standard InChI is InChI=1S/C14H25N3S/c1-10-11(2)17(8-6-14(10)15-4)7-5-13-9-18-12(3)16-13/h9-11,14-15H,5-8H2,1-4H3. The van der Waals surface area contributed by atoms with Crippen LogP contribution < -0.4 is 5.32 Å². The Morgan fingerprint density at radius 2 is 2.28 bits per heavy atom. The maximum Gasteiger partial charge on any atom is 0.0897 e. The van der Waals surface area contributed by atoms with Crippen molar-refractivity contribution in [2.24, 2.45) is 5.92 Å². The topological polar surface area (TPSA) is 28.2 Å². The van der Waals surface area contributed by atoms with Gasteiger partial charge in [-0.25, -0.2) is 4.98 Å². The number of nitrogens with one attached hydrogen (secondary N) is 1. The van der Waals surface area contributed by atoms with Crippen molar-refractivity contribution >= 4 is 11.3 Å². The molecule has 1 N–H and O–H groups in total. The molecule has 0 amide bonds. The molecule has 18 heavy (non-hydrogen) atoms. The molecule has 0 spiro atoms. The maximum atomic E-state index is 4.55. The van der Waals surface area contributed by atoms with Crippen molar-refractivity contribution in [1.29, 1.82) is 0 Å². The molecule has 2 heterocycles. The summed E-state index contributed by atoms with van der Waals surface area (Å²) in [5, 5.41) is 6.82. The summed E-state index contributed by atoms with van der Waals surface area (Å²) in [6, 6.07) is 1.34. The molecule has 2 rings (SSSR count). The van der Waals surface area contributed by atoms with Crippen LogP contribution >= 0.6 is 11.3 Å². The minimum absolute atomic E-state index is 0.663. The van der Waals surface area contributed by atoms with Gasteiger partial charge in [-0.05, 0) is 39.8 Å². The Morgan fingerprint density at radius 1 is 1.50 bits per heavy atom. The Bertz CT molecular complexity index is 377. The summed E-state index contributed by atoms with van der Waals surface area (Å²) in [4.78, 5) is 7.17. The van der Waals surface area contributed by atoms with Gasteiger partial charge < -0.3 is 5.32 Å². The maximum absolute atomic E-state index is 4.55. The molecule has 102 valence electrons. The fourth-order valence-corrected chi connectivity index (χ4v) is 3.59. The van der Waals surface area contributed by atoms with E-state index in [0.717, 1.165) is 18.9 Å². The largest absolute Gasteiger partial charge is 0.317 e. The van der Waals surface area contributed by atoms with Gasteiger partial charge in [0, 0.05) is 30.4 Å². The molecule has 1 fully saturated rings. The second-order valence-electron chi connectivity index (χ2n) is 5.43. The van der Waals surface area contributed by atoms with Gasteiger partial charge in [0.25, 0.3) is 0 Å². The number of aryl methyl sites for hydroxylation is 1. The average molecular weight is 267 g/mol. The Kier molecular flexibility index (Phi) is 4.76. The van der Waals surface area contributed by atoms with Gasteiger partial charge in [-0.3, -0.25) is 4.90 Å². The number of hydrogen-bond acceptors (Lipinski definition) is 4. The summed E-state index contributed by atoms with van der Waals surface area (Å²) in [7, 11) is 2.08. The molecule has 1 aliphatic rings. The van der Waals surface area contributed by atoms with Crippen molar-refractivity contribution in [3.8, 4) is 0 Å². The number of thiazole rings is 1. The lowest BCUT2D eigenvalue weighted by molar-refractivity contribution is 0.0887. The summed E-state index contributed by atoms with van der Waals surface area (Å²) in [6.45, 7) is 9.16. The second kappa shape index (κ2) is 6.13. The number of rotatable bonds is 4. The van der Waals surface area contributed by atoms with E-state index in [1.807, 2.05) is 0 Å². The lowest BCUT2D eigenvalue weighted by atomic mass is 9.87. The third kappa shape index (κ3) is 3.11. The van der Waals surface area contributed by atoms with Crippen LogP contribution in [-0.4, -0.2) is 42.1 Å². The van der Waals surface area contributed by atoms with Crippen LogP contribution in [0.1, 0.15) is 31.0 Å². The van der Waals surface area contributed by atoms with E-state index >= 15 is 0 Å². The molecule has 0 aliphatic carbocycles. The SMILES string of the molecule is CNC1CCN(CCc2csc(C)n2)C(C)C1C. The van der Waals surface area contributed by atoms with Gasteiger partial charge in [-0.2, -0.15) is 0 Å². The number of nitrogens with zero attached hydrogens (tertiary/aromatic N) is 2. The average Bonchev–Trinajstić information content (AvgIpc) is 2.77. The summed E-state index contributed by atoms with van der Waals surface area (Å²) in [6.07, 6.45) is 2.35. The van der Waals surface area contributed by atoms with Crippen molar-refractivity contribution in [3.05, 3.63) is 16.1 Å². The lowest BCUT2D eigenvalue weighted by Gasteiger charge is -2.42. The molecule has 1 aromatic heterocycles. The van der Waals surface area contributed by atoms with Gasteiger partial charge in [0.2, 0.25) is 0 Å². The number of hydrogen-bond donors (Lipinski definition) is 1. The molecule has 3 unspecified atom stereocenters. The molecular formula is C14H25N3S. The van der Waals surface area contributed by atoms with E-state index in [2.05, 4.69) is 48.4 Å². The monoisotopic (exact) mass is 267 g/mol. The smallest absolute Gasteiger partial charge is 0.0897 e. The summed E-state index contributed by atoms with van der Waals surface area (Å²) in [5.41, 5.74) is 1.26. The van der Waals surface area contributed by atoms with E-state index < -0.39 is 0 Å². The summed E-state index contributed by atoms with van der Waals surface area (Å²) in [5.74, 6) is 0.723. The molecular weight excluding hydrogens is 242 g/mol. The molecule has 4 heteroatoms. The van der Waals surface area contributed by atoms with Crippen LogP contribution in [0.15, 0.2) is 5.38 Å². The predicted molar refractivity (Wildman–Crippen MR) is 78.2 cm³/mol. The molecule has 0 saturated carbocycles. The third-order valence-electron chi connectivity index (χ3n) is 4.39. The van der Waals surface area contributed by atoms with Crippen molar-refractivity contribution in [1.82, 2.24) is 15.2 Å². The van der Waals surface area contributed by atoms with Crippen LogP contribution in [0.2, 0.25) is 0 Å². The fraction of sp³-hybridized carbons (Fsp3) is 0.786. The minimum Gasteiger partial charge on any atom is -0.317 e. The van der Waals surface area contributed by atoms with Gasteiger partial charge in [0.1, 0.15) is 0 Å². The Labute approximate surface area is 115 Å². The Hall–Kier alpha value is -0.450. The lowest BCUT2D eigenvalue weighted by Crippen LogP contribution is -2.53. The first-order valence-electron chi connectivity index (χ1n) is 6.94. The molecule has 3 atom stereocenters. The van der Waals surface area contributed by atoms with E-state index in [1.54, 1.807) is 11.3 Å². The Morgan fingerprint density at radius 3 is 2.89 bits per heavy atom. The molecule has 3 nitrogen and oxygen atoms in total. The van der Waals surface area contributed by atoms with Crippen LogP contribution in [0.5, 0.6) is 0 Å². The van der Waals surface area contributed by atoms with E-state index in [0.29, 0.717) is 12.1 Å². The first kappa shape index (κ1) is 14.0. The molecule has 1 aromatic rings. The van der Waals surface area contributed by atoms with Crippen LogP contribution in [-0.2, 0) is 6.42 Å². The van der Waals surface area contributed by atoms with Gasteiger partial charge in [0.15, 0.2) is 0 Å². The molecule has 0 radical (unpaired) electrons. The highest BCUT2D eigenvalue weighted by atomic mass is 32.1. The van der Waals surface area contributed by atoms with Crippen molar-refractivity contribution in [2.45, 2.75) is 45.7 Å². The fourth-order valence-electron chi connectivity index (χ4n) is 2.94. The highest BCUT2D eigenvalue weighted by molar-refractivity contribution is 7.09. The van der Waals surface area contributed by atoms with Crippen molar-refractivity contribution < 1.29 is 0 Å². The Balaban J connectivity index is 1.86. The predicted octanol–water partition coefficient (Wildman–Crippen LogP) is 2.31. The first-order chi connectivity index (χ1) is 8.61. The molecule has 1 saturated heterocycles. The van der Waals surface area contributed by atoms with E-state index in [9.17, 15) is 0 Å². The third-order valence-corrected chi connectivity index (χ3v) is 5.21. The normalized spacial score (nSPS) is 29.7. The summed E-state index contributed by atoms with van der Waals surface area (Å²) < 4.78 is 0.